The number of hydrogen-bond donors (Lipinski definition) is 3. The second-order valence-electron chi connectivity index (χ2n) is 21.4. The molecule has 6 heteroatoms. The van der Waals surface area contributed by atoms with Gasteiger partial charge < -0.3 is 20.3 Å². The molecule has 0 saturated heterocycles. The highest BCUT2D eigenvalue weighted by Gasteiger charge is 2.18. The third kappa shape index (κ3) is 55.5. The number of ether oxygens (including phenoxy) is 1. The van der Waals surface area contributed by atoms with E-state index in [0.717, 1.165) is 77.0 Å². The van der Waals surface area contributed by atoms with Crippen LogP contribution in [0.25, 0.3) is 0 Å². The van der Waals surface area contributed by atoms with Crippen molar-refractivity contribution in [1.82, 2.24) is 5.32 Å². The average Bonchev–Trinajstić information content (AvgIpc) is 3.35. The fourth-order valence-electron chi connectivity index (χ4n) is 9.69. The molecular weight excluding hydrogens is 851 g/mol. The number of carbonyl (C=O) groups is 2. The standard InChI is InChI=1S/C63H121NO5/c1-3-5-7-9-11-13-15-17-19-21-22-23-24-25-26-28-29-31-35-39-43-47-51-55-61(66)60(59-65)64-62(67)56-52-48-44-40-36-33-34-38-42-46-50-54-58-69-63(68)57-53-49-45-41-37-32-30-27-20-18-16-14-12-10-8-6-4-2/h34,38,51,55,60-61,65-66H,3-33,35-37,39-50,52-54,56-59H2,1-2H3,(H,64,67)/b38-34-,55-51+. The molecule has 3 N–H and O–H groups in total. The molecule has 0 bridgehead atoms. The first-order valence-electron chi connectivity index (χ1n) is 31.1. The van der Waals surface area contributed by atoms with Gasteiger partial charge in [-0.2, -0.15) is 0 Å². The van der Waals surface area contributed by atoms with Gasteiger partial charge in [0.25, 0.3) is 0 Å². The Kier molecular flexibility index (Phi) is 57.5. The summed E-state index contributed by atoms with van der Waals surface area (Å²) >= 11 is 0. The number of unbranched alkanes of at least 4 members (excludes halogenated alkanes) is 45. The van der Waals surface area contributed by atoms with Crippen LogP contribution in [0.1, 0.15) is 341 Å². The summed E-state index contributed by atoms with van der Waals surface area (Å²) in [6.45, 7) is 4.88. The zero-order chi connectivity index (χ0) is 50.0. The summed E-state index contributed by atoms with van der Waals surface area (Å²) in [5, 5.41) is 23.2. The molecule has 0 saturated carbocycles. The SMILES string of the molecule is CCCCCCCCCCCCCCCCCCCCCCC/C=C/C(O)C(CO)NC(=O)CCCCCCC/C=C\CCCCCOC(=O)CCCCCCCCCCCCCCCCCCC. The monoisotopic (exact) mass is 972 g/mol. The third-order valence-electron chi connectivity index (χ3n) is 14.5. The number of hydrogen-bond acceptors (Lipinski definition) is 5. The molecule has 0 aliphatic rings. The molecule has 0 rings (SSSR count). The smallest absolute Gasteiger partial charge is 0.305 e. The van der Waals surface area contributed by atoms with Gasteiger partial charge in [-0.05, 0) is 64.2 Å². The number of esters is 1. The van der Waals surface area contributed by atoms with Gasteiger partial charge in [0, 0.05) is 12.8 Å². The molecule has 2 atom stereocenters. The van der Waals surface area contributed by atoms with Crippen molar-refractivity contribution in [3.05, 3.63) is 24.3 Å². The highest BCUT2D eigenvalue weighted by molar-refractivity contribution is 5.76. The second-order valence-corrected chi connectivity index (χ2v) is 21.4. The first-order chi connectivity index (χ1) is 34.0. The highest BCUT2D eigenvalue weighted by Crippen LogP contribution is 2.18. The molecule has 0 radical (unpaired) electrons. The van der Waals surface area contributed by atoms with Crippen molar-refractivity contribution in [3.8, 4) is 0 Å². The summed E-state index contributed by atoms with van der Waals surface area (Å²) in [6, 6.07) is -0.647. The van der Waals surface area contributed by atoms with Crippen molar-refractivity contribution in [1.29, 1.82) is 0 Å². The van der Waals surface area contributed by atoms with Crippen molar-refractivity contribution in [3.63, 3.8) is 0 Å². The first-order valence-corrected chi connectivity index (χ1v) is 31.1. The third-order valence-corrected chi connectivity index (χ3v) is 14.5. The minimum atomic E-state index is -0.861. The molecule has 1 amide bonds. The predicted octanol–water partition coefficient (Wildman–Crippen LogP) is 19.4. The fourth-order valence-corrected chi connectivity index (χ4v) is 9.69. The molecule has 0 spiro atoms. The van der Waals surface area contributed by atoms with E-state index in [-0.39, 0.29) is 18.5 Å². The van der Waals surface area contributed by atoms with Crippen LogP contribution in [0.2, 0.25) is 0 Å². The zero-order valence-corrected chi connectivity index (χ0v) is 46.6. The van der Waals surface area contributed by atoms with Crippen LogP contribution in [0.3, 0.4) is 0 Å². The Labute approximate surface area is 431 Å². The molecule has 0 aromatic heterocycles. The number of carbonyl (C=O) groups excluding carboxylic acids is 2. The normalized spacial score (nSPS) is 12.7. The van der Waals surface area contributed by atoms with Crippen LogP contribution in [0, 0.1) is 0 Å². The van der Waals surface area contributed by atoms with E-state index in [0.29, 0.717) is 19.4 Å². The van der Waals surface area contributed by atoms with E-state index in [2.05, 4.69) is 31.3 Å². The average molecular weight is 973 g/mol. The minimum absolute atomic E-state index is 0.0196. The van der Waals surface area contributed by atoms with Gasteiger partial charge in [-0.25, -0.2) is 0 Å². The van der Waals surface area contributed by atoms with E-state index in [9.17, 15) is 19.8 Å². The quantitative estimate of drug-likeness (QED) is 0.0321. The lowest BCUT2D eigenvalue weighted by molar-refractivity contribution is -0.143. The summed E-state index contributed by atoms with van der Waals surface area (Å²) in [5.41, 5.74) is 0. The maximum Gasteiger partial charge on any atom is 0.305 e. The number of nitrogens with one attached hydrogen (secondary N) is 1. The summed E-state index contributed by atoms with van der Waals surface area (Å²) in [6.07, 6.45) is 72.2. The van der Waals surface area contributed by atoms with Crippen LogP contribution in [0.5, 0.6) is 0 Å². The largest absolute Gasteiger partial charge is 0.466 e. The molecule has 6 nitrogen and oxygen atoms in total. The van der Waals surface area contributed by atoms with Crippen LogP contribution >= 0.6 is 0 Å². The lowest BCUT2D eigenvalue weighted by Gasteiger charge is -2.20. The Hall–Kier alpha value is -1.66. The van der Waals surface area contributed by atoms with Crippen molar-refractivity contribution >= 4 is 11.9 Å². The van der Waals surface area contributed by atoms with Gasteiger partial charge in [-0.1, -0.05) is 289 Å². The molecule has 0 aromatic rings. The highest BCUT2D eigenvalue weighted by atomic mass is 16.5. The number of rotatable bonds is 58. The summed E-state index contributed by atoms with van der Waals surface area (Å²) in [5.74, 6) is -0.110. The molecule has 0 heterocycles. The maximum atomic E-state index is 12.5. The number of aliphatic hydroxyl groups excluding tert-OH is 2. The topological polar surface area (TPSA) is 95.9 Å². The van der Waals surface area contributed by atoms with Crippen molar-refractivity contribution < 1.29 is 24.5 Å². The van der Waals surface area contributed by atoms with E-state index < -0.39 is 12.1 Å². The van der Waals surface area contributed by atoms with Crippen molar-refractivity contribution in [2.24, 2.45) is 0 Å². The second kappa shape index (κ2) is 58.9. The van der Waals surface area contributed by atoms with Gasteiger partial charge in [-0.3, -0.25) is 9.59 Å². The van der Waals surface area contributed by atoms with Crippen LogP contribution in [-0.4, -0.2) is 47.4 Å². The molecule has 0 aliphatic heterocycles. The Balaban J connectivity index is 3.50. The van der Waals surface area contributed by atoms with Gasteiger partial charge in [0.05, 0.1) is 25.4 Å². The van der Waals surface area contributed by atoms with Gasteiger partial charge >= 0.3 is 5.97 Å². The van der Waals surface area contributed by atoms with Crippen LogP contribution in [0.4, 0.5) is 0 Å². The Morgan fingerprint density at radius 1 is 0.391 bits per heavy atom. The molecule has 408 valence electrons. The zero-order valence-electron chi connectivity index (χ0n) is 46.6. The molecule has 69 heavy (non-hydrogen) atoms. The Morgan fingerprint density at radius 2 is 0.681 bits per heavy atom. The molecule has 0 fully saturated rings. The number of allylic oxidation sites excluding steroid dienone is 3. The number of amides is 1. The first kappa shape index (κ1) is 67.3. The molecular formula is C63H121NO5. The van der Waals surface area contributed by atoms with Crippen LogP contribution in [-0.2, 0) is 14.3 Å². The Bertz CT molecular complexity index is 1080. The summed E-state index contributed by atoms with van der Waals surface area (Å²) < 4.78 is 5.47. The van der Waals surface area contributed by atoms with Gasteiger partial charge in [0.15, 0.2) is 0 Å². The van der Waals surface area contributed by atoms with Crippen molar-refractivity contribution in [2.45, 2.75) is 353 Å². The lowest BCUT2D eigenvalue weighted by atomic mass is 10.0. The minimum Gasteiger partial charge on any atom is -0.466 e. The van der Waals surface area contributed by atoms with Gasteiger partial charge in [-0.15, -0.1) is 0 Å². The van der Waals surface area contributed by atoms with Crippen LogP contribution < -0.4 is 5.32 Å². The van der Waals surface area contributed by atoms with E-state index in [4.69, 9.17) is 4.74 Å². The fraction of sp³-hybridized carbons (Fsp3) is 0.905. The Morgan fingerprint density at radius 3 is 1.03 bits per heavy atom. The summed E-state index contributed by atoms with van der Waals surface area (Å²) in [4.78, 5) is 24.6. The van der Waals surface area contributed by atoms with Gasteiger partial charge in [0.1, 0.15) is 0 Å². The van der Waals surface area contributed by atoms with E-state index in [1.54, 1.807) is 6.08 Å². The molecule has 0 aromatic carbocycles. The van der Waals surface area contributed by atoms with E-state index in [1.165, 1.54) is 238 Å². The number of aliphatic hydroxyl groups is 2. The van der Waals surface area contributed by atoms with Gasteiger partial charge in [0.2, 0.25) is 5.91 Å². The van der Waals surface area contributed by atoms with Crippen molar-refractivity contribution in [2.75, 3.05) is 13.2 Å². The van der Waals surface area contributed by atoms with E-state index in [1.807, 2.05) is 6.08 Å². The van der Waals surface area contributed by atoms with Crippen LogP contribution in [0.15, 0.2) is 24.3 Å². The lowest BCUT2D eigenvalue weighted by Crippen LogP contribution is -2.45. The molecule has 0 aliphatic carbocycles. The summed E-state index contributed by atoms with van der Waals surface area (Å²) in [7, 11) is 0. The molecule has 2 unspecified atom stereocenters. The predicted molar refractivity (Wildman–Crippen MR) is 301 cm³/mol. The maximum absolute atomic E-state index is 12.5. The van der Waals surface area contributed by atoms with E-state index >= 15 is 0 Å².